The van der Waals surface area contributed by atoms with Crippen molar-refractivity contribution in [3.8, 4) is 5.69 Å². The molecule has 0 atom stereocenters. The van der Waals surface area contributed by atoms with Crippen molar-refractivity contribution in [1.82, 2.24) is 14.3 Å². The maximum Gasteiger partial charge on any atom is 0.355 e. The van der Waals surface area contributed by atoms with E-state index in [1.54, 1.807) is 24.3 Å². The van der Waals surface area contributed by atoms with Crippen LogP contribution in [0.15, 0.2) is 45.7 Å². The van der Waals surface area contributed by atoms with E-state index in [4.69, 9.17) is 11.6 Å². The molecule has 0 fully saturated rings. The second-order valence-corrected chi connectivity index (χ2v) is 7.05. The van der Waals surface area contributed by atoms with Gasteiger partial charge in [-0.3, -0.25) is 0 Å². The number of anilines is 2. The average molecular weight is 491 g/mol. The summed E-state index contributed by atoms with van der Waals surface area (Å²) in [4.78, 5) is 24.4. The first-order valence-electron chi connectivity index (χ1n) is 7.96. The highest BCUT2D eigenvalue weighted by Crippen LogP contribution is 2.27. The summed E-state index contributed by atoms with van der Waals surface area (Å²) >= 11 is 8.84. The Hall–Kier alpha value is -2.79. The largest absolute Gasteiger partial charge is 0.355 e. The Balaban J connectivity index is 1.92. The summed E-state index contributed by atoms with van der Waals surface area (Å²) in [5, 5.41) is 9.04. The molecule has 2 aromatic carbocycles. The number of nitrogens with one attached hydrogen (secondary N) is 2. The number of urea groups is 1. The van der Waals surface area contributed by atoms with Gasteiger partial charge in [0.2, 0.25) is 0 Å². The van der Waals surface area contributed by atoms with Gasteiger partial charge in [-0.05, 0) is 59.3 Å². The third kappa shape index (κ3) is 4.46. The third-order valence-electron chi connectivity index (χ3n) is 3.79. The second-order valence-electron chi connectivity index (χ2n) is 5.76. The van der Waals surface area contributed by atoms with Crippen LogP contribution in [0.5, 0.6) is 0 Å². The fourth-order valence-corrected chi connectivity index (χ4v) is 3.08. The number of aryl methyl sites for hydroxylation is 1. The first kappa shape index (κ1) is 20.9. The molecule has 0 aliphatic rings. The summed E-state index contributed by atoms with van der Waals surface area (Å²) in [5.74, 6) is -1.04. The van der Waals surface area contributed by atoms with Crippen molar-refractivity contribution < 1.29 is 18.0 Å². The van der Waals surface area contributed by atoms with E-state index in [-0.39, 0.29) is 26.2 Å². The highest BCUT2D eigenvalue weighted by molar-refractivity contribution is 9.10. The number of hydrogen-bond donors (Lipinski definition) is 2. The molecular weight excluding hydrogens is 479 g/mol. The molecular formula is C17H12BrClF3N5O2. The van der Waals surface area contributed by atoms with Crippen molar-refractivity contribution in [2.24, 2.45) is 0 Å². The maximum atomic E-state index is 14.3. The Kier molecular flexibility index (Phi) is 5.99. The topological polar surface area (TPSA) is 81.0 Å². The number of carbonyl (C=O) groups is 1. The lowest BCUT2D eigenvalue weighted by Crippen LogP contribution is -2.25. The lowest BCUT2D eigenvalue weighted by molar-refractivity contribution is 0.0640. The van der Waals surface area contributed by atoms with Crippen LogP contribution in [0, 0.1) is 12.7 Å². The normalized spacial score (nSPS) is 11.0. The number of alkyl halides is 2. The van der Waals surface area contributed by atoms with E-state index in [0.717, 1.165) is 12.1 Å². The molecule has 0 saturated heterocycles. The van der Waals surface area contributed by atoms with Crippen LogP contribution >= 0.6 is 27.5 Å². The van der Waals surface area contributed by atoms with E-state index in [1.807, 2.05) is 0 Å². The molecule has 0 radical (unpaired) electrons. The van der Waals surface area contributed by atoms with Gasteiger partial charge in [-0.25, -0.2) is 18.5 Å². The van der Waals surface area contributed by atoms with Gasteiger partial charge in [0.05, 0.1) is 11.4 Å². The van der Waals surface area contributed by atoms with E-state index >= 15 is 0 Å². The van der Waals surface area contributed by atoms with Gasteiger partial charge in [-0.2, -0.15) is 13.5 Å². The van der Waals surface area contributed by atoms with Gasteiger partial charge in [0.15, 0.2) is 0 Å². The zero-order valence-corrected chi connectivity index (χ0v) is 16.9. The number of rotatable bonds is 4. The number of benzene rings is 2. The second kappa shape index (κ2) is 8.29. The Morgan fingerprint density at radius 1 is 1.21 bits per heavy atom. The standard InChI is InChI=1S/C17H12BrClF3N5O2/c1-8-25-27(17(29)26(8)15(21)22)14-7-13(12(20)6-11(14)18)24-16(28)23-10-4-2-9(19)3-5-10/h2-7,15H,1H3,(H2,23,24,28). The third-order valence-corrected chi connectivity index (χ3v) is 4.68. The summed E-state index contributed by atoms with van der Waals surface area (Å²) in [6.07, 6.45) is 0. The molecule has 12 heteroatoms. The summed E-state index contributed by atoms with van der Waals surface area (Å²) < 4.78 is 41.3. The molecule has 1 aromatic heterocycles. The summed E-state index contributed by atoms with van der Waals surface area (Å²) in [6.45, 7) is -1.85. The predicted molar refractivity (Wildman–Crippen MR) is 106 cm³/mol. The molecule has 1 heterocycles. The van der Waals surface area contributed by atoms with Gasteiger partial charge in [0, 0.05) is 15.2 Å². The van der Waals surface area contributed by atoms with Gasteiger partial charge in [0.1, 0.15) is 11.6 Å². The van der Waals surface area contributed by atoms with Gasteiger partial charge < -0.3 is 10.6 Å². The molecule has 152 valence electrons. The first-order chi connectivity index (χ1) is 13.7. The number of aromatic nitrogens is 3. The molecule has 0 saturated carbocycles. The Bertz CT molecular complexity index is 1130. The fourth-order valence-electron chi connectivity index (χ4n) is 2.47. The molecule has 0 spiro atoms. The zero-order valence-electron chi connectivity index (χ0n) is 14.6. The SMILES string of the molecule is Cc1nn(-c2cc(NC(=O)Nc3ccc(Cl)cc3)c(F)cc2Br)c(=O)n1C(F)F. The monoisotopic (exact) mass is 489 g/mol. The molecule has 2 N–H and O–H groups in total. The maximum absolute atomic E-state index is 14.3. The van der Waals surface area contributed by atoms with Gasteiger partial charge in [-0.1, -0.05) is 11.6 Å². The van der Waals surface area contributed by atoms with Crippen molar-refractivity contribution in [1.29, 1.82) is 0 Å². The van der Waals surface area contributed by atoms with E-state index in [2.05, 4.69) is 31.7 Å². The van der Waals surface area contributed by atoms with Crippen LogP contribution < -0.4 is 16.3 Å². The summed E-state index contributed by atoms with van der Waals surface area (Å²) in [6, 6.07) is 7.53. The number of halogens is 5. The van der Waals surface area contributed by atoms with Crippen LogP contribution in [0.1, 0.15) is 12.4 Å². The minimum atomic E-state index is -3.08. The molecule has 2 amide bonds. The Morgan fingerprint density at radius 3 is 2.45 bits per heavy atom. The van der Waals surface area contributed by atoms with Crippen LogP contribution in [0.25, 0.3) is 5.69 Å². The van der Waals surface area contributed by atoms with Crippen molar-refractivity contribution in [3.05, 3.63) is 68.0 Å². The van der Waals surface area contributed by atoms with Crippen LogP contribution in [-0.2, 0) is 0 Å². The van der Waals surface area contributed by atoms with Crippen molar-refractivity contribution in [3.63, 3.8) is 0 Å². The van der Waals surface area contributed by atoms with Crippen molar-refractivity contribution in [2.75, 3.05) is 10.6 Å². The number of amides is 2. The van der Waals surface area contributed by atoms with Crippen LogP contribution in [-0.4, -0.2) is 20.4 Å². The Morgan fingerprint density at radius 2 is 1.86 bits per heavy atom. The molecule has 0 bridgehead atoms. The van der Waals surface area contributed by atoms with Crippen molar-refractivity contribution in [2.45, 2.75) is 13.5 Å². The van der Waals surface area contributed by atoms with Crippen LogP contribution in [0.3, 0.4) is 0 Å². The Labute approximate surface area is 175 Å². The predicted octanol–water partition coefficient (Wildman–Crippen LogP) is 4.94. The minimum Gasteiger partial charge on any atom is -0.308 e. The minimum absolute atomic E-state index is 0.0271. The number of hydrogen-bond acceptors (Lipinski definition) is 3. The quantitative estimate of drug-likeness (QED) is 0.544. The molecule has 3 rings (SSSR count). The molecule has 0 unspecified atom stereocenters. The first-order valence-corrected chi connectivity index (χ1v) is 9.13. The molecule has 3 aromatic rings. The molecule has 0 aliphatic carbocycles. The number of carbonyl (C=O) groups excluding carboxylic acids is 1. The van der Waals surface area contributed by atoms with Crippen LogP contribution in [0.2, 0.25) is 5.02 Å². The van der Waals surface area contributed by atoms with E-state index in [9.17, 15) is 22.8 Å². The van der Waals surface area contributed by atoms with Gasteiger partial charge >= 0.3 is 18.3 Å². The van der Waals surface area contributed by atoms with Crippen molar-refractivity contribution >= 4 is 44.9 Å². The van der Waals surface area contributed by atoms with E-state index in [1.165, 1.54) is 6.92 Å². The lowest BCUT2D eigenvalue weighted by atomic mass is 10.2. The summed E-state index contributed by atoms with van der Waals surface area (Å²) in [7, 11) is 0. The zero-order chi connectivity index (χ0) is 21.3. The summed E-state index contributed by atoms with van der Waals surface area (Å²) in [5.41, 5.74) is -1.01. The molecule has 0 aliphatic heterocycles. The highest BCUT2D eigenvalue weighted by atomic mass is 79.9. The smallest absolute Gasteiger partial charge is 0.308 e. The lowest BCUT2D eigenvalue weighted by Gasteiger charge is -2.11. The van der Waals surface area contributed by atoms with Gasteiger partial charge in [0.25, 0.3) is 0 Å². The highest BCUT2D eigenvalue weighted by Gasteiger charge is 2.21. The van der Waals surface area contributed by atoms with E-state index < -0.39 is 24.1 Å². The fraction of sp³-hybridized carbons (Fsp3) is 0.118. The number of nitrogens with zero attached hydrogens (tertiary/aromatic N) is 3. The molecule has 29 heavy (non-hydrogen) atoms. The van der Waals surface area contributed by atoms with Crippen LogP contribution in [0.4, 0.5) is 29.3 Å². The molecule has 7 nitrogen and oxygen atoms in total. The van der Waals surface area contributed by atoms with E-state index in [0.29, 0.717) is 15.4 Å². The average Bonchev–Trinajstić information content (AvgIpc) is 2.93. The van der Waals surface area contributed by atoms with Gasteiger partial charge in [-0.15, -0.1) is 5.10 Å².